The van der Waals surface area contributed by atoms with E-state index in [2.05, 4.69) is 36.1 Å². The summed E-state index contributed by atoms with van der Waals surface area (Å²) < 4.78 is 0. The monoisotopic (exact) mass is 293 g/mol. The van der Waals surface area contributed by atoms with Crippen LogP contribution in [-0.2, 0) is 4.79 Å². The van der Waals surface area contributed by atoms with Gasteiger partial charge in [-0.25, -0.2) is 0 Å². The molecule has 1 heterocycles. The first-order chi connectivity index (χ1) is 10.0. The first-order valence-electron chi connectivity index (χ1n) is 8.79. The molecule has 3 fully saturated rings. The first kappa shape index (κ1) is 15.3. The van der Waals surface area contributed by atoms with E-state index < -0.39 is 0 Å². The molecule has 1 aliphatic heterocycles. The first-order valence-corrected chi connectivity index (χ1v) is 8.79. The zero-order chi connectivity index (χ0) is 15.1. The van der Waals surface area contributed by atoms with Crippen LogP contribution < -0.4 is 5.32 Å². The number of amides is 1. The summed E-state index contributed by atoms with van der Waals surface area (Å²) in [5.74, 6) is 0.395. The third kappa shape index (κ3) is 2.40. The smallest absolute Gasteiger partial charge is 0.244 e. The average Bonchev–Trinajstić information content (AvgIpc) is 2.94. The molecule has 1 atom stereocenters. The molecule has 1 amide bonds. The van der Waals surface area contributed by atoms with E-state index in [1.165, 1.54) is 32.1 Å². The highest BCUT2D eigenvalue weighted by atomic mass is 16.2. The van der Waals surface area contributed by atoms with Crippen molar-refractivity contribution in [3.05, 3.63) is 0 Å². The second-order valence-corrected chi connectivity index (χ2v) is 7.64. The minimum atomic E-state index is -0.211. The normalized spacial score (nSPS) is 30.4. The number of nitrogens with zero attached hydrogens (tertiary/aromatic N) is 2. The van der Waals surface area contributed by atoms with Crippen LogP contribution in [0.15, 0.2) is 0 Å². The highest BCUT2D eigenvalue weighted by Gasteiger charge is 2.54. The van der Waals surface area contributed by atoms with Gasteiger partial charge < -0.3 is 9.80 Å². The van der Waals surface area contributed by atoms with Gasteiger partial charge in [-0.05, 0) is 52.6 Å². The molecule has 3 aliphatic rings. The van der Waals surface area contributed by atoms with Gasteiger partial charge in [-0.3, -0.25) is 10.1 Å². The summed E-state index contributed by atoms with van der Waals surface area (Å²) in [6.45, 7) is 3.13. The highest BCUT2D eigenvalue weighted by Crippen LogP contribution is 2.42. The molecule has 0 radical (unpaired) electrons. The van der Waals surface area contributed by atoms with Gasteiger partial charge >= 0.3 is 0 Å². The Balaban J connectivity index is 1.79. The quantitative estimate of drug-likeness (QED) is 0.845. The van der Waals surface area contributed by atoms with Gasteiger partial charge in [-0.15, -0.1) is 0 Å². The fraction of sp³-hybridized carbons (Fsp3) is 0.941. The van der Waals surface area contributed by atoms with E-state index in [1.807, 2.05) is 0 Å². The van der Waals surface area contributed by atoms with E-state index in [0.717, 1.165) is 32.2 Å². The van der Waals surface area contributed by atoms with Crippen molar-refractivity contribution < 1.29 is 4.79 Å². The minimum Gasteiger partial charge on any atom is -0.324 e. The van der Waals surface area contributed by atoms with Crippen LogP contribution in [0.4, 0.5) is 0 Å². The lowest BCUT2D eigenvalue weighted by Gasteiger charge is -2.50. The fourth-order valence-corrected chi connectivity index (χ4v) is 4.54. The molecule has 4 heteroatoms. The van der Waals surface area contributed by atoms with E-state index in [0.29, 0.717) is 5.91 Å². The Labute approximate surface area is 129 Å². The van der Waals surface area contributed by atoms with E-state index in [1.54, 1.807) is 0 Å². The van der Waals surface area contributed by atoms with Crippen molar-refractivity contribution in [1.82, 2.24) is 15.1 Å². The van der Waals surface area contributed by atoms with Gasteiger partial charge in [-0.1, -0.05) is 26.2 Å². The lowest BCUT2D eigenvalue weighted by molar-refractivity contribution is -0.136. The van der Waals surface area contributed by atoms with E-state index >= 15 is 0 Å². The molecule has 1 spiro atoms. The number of hydrogen-bond donors (Lipinski definition) is 1. The van der Waals surface area contributed by atoms with Gasteiger partial charge in [0.1, 0.15) is 0 Å². The summed E-state index contributed by atoms with van der Waals surface area (Å²) in [6.07, 6.45) is 10.7. The molecule has 2 saturated carbocycles. The highest BCUT2D eigenvalue weighted by molar-refractivity contribution is 5.89. The third-order valence-corrected chi connectivity index (χ3v) is 6.21. The van der Waals surface area contributed by atoms with Gasteiger partial charge in [-0.2, -0.15) is 0 Å². The number of nitrogens with one attached hydrogen (secondary N) is 1. The molecule has 0 aromatic carbocycles. The second-order valence-electron chi connectivity index (χ2n) is 7.64. The summed E-state index contributed by atoms with van der Waals surface area (Å²) in [6, 6.07) is 0. The van der Waals surface area contributed by atoms with Crippen molar-refractivity contribution in [3.8, 4) is 0 Å². The molecule has 120 valence electrons. The Morgan fingerprint density at radius 1 is 1.19 bits per heavy atom. The third-order valence-electron chi connectivity index (χ3n) is 6.21. The lowest BCUT2D eigenvalue weighted by atomic mass is 9.75. The van der Waals surface area contributed by atoms with E-state index in [9.17, 15) is 4.79 Å². The topological polar surface area (TPSA) is 35.6 Å². The summed E-state index contributed by atoms with van der Waals surface area (Å²) >= 11 is 0. The number of carbonyl (C=O) groups excluding carboxylic acids is 1. The number of hydrogen-bond acceptors (Lipinski definition) is 3. The molecular formula is C17H31N3O. The second kappa shape index (κ2) is 5.54. The molecule has 1 N–H and O–H groups in total. The molecule has 0 aromatic heterocycles. The maximum Gasteiger partial charge on any atom is 0.244 e. The summed E-state index contributed by atoms with van der Waals surface area (Å²) in [5, 5.41) is 3.73. The molecule has 2 aliphatic carbocycles. The molecule has 21 heavy (non-hydrogen) atoms. The van der Waals surface area contributed by atoms with Gasteiger partial charge in [0.2, 0.25) is 5.91 Å². The van der Waals surface area contributed by atoms with Crippen LogP contribution in [0.3, 0.4) is 0 Å². The Kier molecular flexibility index (Phi) is 4.04. The fourth-order valence-electron chi connectivity index (χ4n) is 4.54. The Morgan fingerprint density at radius 2 is 1.86 bits per heavy atom. The van der Waals surface area contributed by atoms with Crippen LogP contribution >= 0.6 is 0 Å². The average molecular weight is 293 g/mol. The van der Waals surface area contributed by atoms with Crippen LogP contribution in [-0.4, -0.2) is 53.6 Å². The van der Waals surface area contributed by atoms with Crippen molar-refractivity contribution >= 4 is 5.91 Å². The van der Waals surface area contributed by atoms with E-state index in [-0.39, 0.29) is 17.2 Å². The SMILES string of the molecule is CCCC1NC2(CCCC2)C(=O)N1CC1(N(C)C)CCC1. The predicted octanol–water partition coefficient (Wildman–Crippen LogP) is 2.34. The lowest BCUT2D eigenvalue weighted by Crippen LogP contribution is -2.59. The summed E-state index contributed by atoms with van der Waals surface area (Å²) in [7, 11) is 4.35. The minimum absolute atomic E-state index is 0.211. The van der Waals surface area contributed by atoms with Crippen LogP contribution in [0, 0.1) is 0 Å². The standard InChI is InChI=1S/C17H31N3O/c1-4-8-14-18-17(11-5-6-12-17)15(21)20(14)13-16(19(2)3)9-7-10-16/h14,18H,4-13H2,1-3H3. The maximum absolute atomic E-state index is 13.1. The van der Waals surface area contributed by atoms with Crippen LogP contribution in [0.5, 0.6) is 0 Å². The molecule has 4 nitrogen and oxygen atoms in total. The van der Waals surface area contributed by atoms with Crippen LogP contribution in [0.25, 0.3) is 0 Å². The number of likely N-dealkylation sites (N-methyl/N-ethyl adjacent to an activating group) is 1. The van der Waals surface area contributed by atoms with Crippen molar-refractivity contribution in [2.75, 3.05) is 20.6 Å². The zero-order valence-corrected chi connectivity index (χ0v) is 14.0. The molecule has 1 saturated heterocycles. The van der Waals surface area contributed by atoms with Crippen LogP contribution in [0.2, 0.25) is 0 Å². The maximum atomic E-state index is 13.1. The van der Waals surface area contributed by atoms with Gasteiger partial charge in [0.25, 0.3) is 0 Å². The Bertz CT molecular complexity index is 397. The molecule has 3 rings (SSSR count). The molecule has 0 aromatic rings. The van der Waals surface area contributed by atoms with Gasteiger partial charge in [0.05, 0.1) is 11.7 Å². The Morgan fingerprint density at radius 3 is 2.33 bits per heavy atom. The largest absolute Gasteiger partial charge is 0.324 e. The molecule has 0 bridgehead atoms. The number of rotatable bonds is 5. The van der Waals surface area contributed by atoms with E-state index in [4.69, 9.17) is 0 Å². The summed E-state index contributed by atoms with van der Waals surface area (Å²) in [5.41, 5.74) is 0.0184. The van der Waals surface area contributed by atoms with Gasteiger partial charge in [0, 0.05) is 12.1 Å². The van der Waals surface area contributed by atoms with Crippen LogP contribution in [0.1, 0.15) is 64.7 Å². The van der Waals surface area contributed by atoms with Gasteiger partial charge in [0.15, 0.2) is 0 Å². The van der Waals surface area contributed by atoms with Crippen molar-refractivity contribution in [1.29, 1.82) is 0 Å². The van der Waals surface area contributed by atoms with Crippen molar-refractivity contribution in [2.24, 2.45) is 0 Å². The van der Waals surface area contributed by atoms with Crippen molar-refractivity contribution in [3.63, 3.8) is 0 Å². The predicted molar refractivity (Wildman–Crippen MR) is 85.0 cm³/mol. The summed E-state index contributed by atoms with van der Waals surface area (Å²) in [4.78, 5) is 17.7. The van der Waals surface area contributed by atoms with Crippen molar-refractivity contribution in [2.45, 2.75) is 82.0 Å². The Hall–Kier alpha value is -0.610. The zero-order valence-electron chi connectivity index (χ0n) is 14.0. The number of carbonyl (C=O) groups is 1. The molecule has 1 unspecified atom stereocenters. The molecular weight excluding hydrogens is 262 g/mol.